The van der Waals surface area contributed by atoms with E-state index in [1.807, 2.05) is 6.92 Å². The van der Waals surface area contributed by atoms with Crippen LogP contribution in [0, 0.1) is 5.82 Å². The summed E-state index contributed by atoms with van der Waals surface area (Å²) in [6.45, 7) is 2.26. The van der Waals surface area contributed by atoms with E-state index in [1.54, 1.807) is 24.3 Å². The number of amides is 2. The van der Waals surface area contributed by atoms with Crippen LogP contribution in [0.3, 0.4) is 0 Å². The first-order valence-corrected chi connectivity index (χ1v) is 7.94. The van der Waals surface area contributed by atoms with Gasteiger partial charge in [0, 0.05) is 0 Å². The second kappa shape index (κ2) is 6.94. The van der Waals surface area contributed by atoms with Crippen LogP contribution in [-0.4, -0.2) is 18.4 Å². The minimum absolute atomic E-state index is 0.123. The van der Waals surface area contributed by atoms with Crippen LogP contribution in [0.2, 0.25) is 0 Å². The molecule has 0 aliphatic carbocycles. The van der Waals surface area contributed by atoms with Crippen LogP contribution < -0.4 is 15.0 Å². The van der Waals surface area contributed by atoms with Crippen molar-refractivity contribution in [3.8, 4) is 5.75 Å². The number of para-hydroxylation sites is 3. The second-order valence-corrected chi connectivity index (χ2v) is 5.52. The van der Waals surface area contributed by atoms with Crippen molar-refractivity contribution >= 4 is 34.8 Å². The third-order valence-corrected chi connectivity index (χ3v) is 3.92. The minimum Gasteiger partial charge on any atom is -0.492 e. The lowest BCUT2D eigenvalue weighted by Crippen LogP contribution is -2.33. The first-order valence-electron chi connectivity index (χ1n) is 7.56. The molecular weight excluding hydrogens is 347 g/mol. The number of carbonyl (C=O) groups is 2. The van der Waals surface area contributed by atoms with Crippen LogP contribution in [0.1, 0.15) is 6.92 Å². The van der Waals surface area contributed by atoms with Crippen LogP contribution in [0.25, 0.3) is 0 Å². The maximum absolute atomic E-state index is 14.0. The van der Waals surface area contributed by atoms with Crippen molar-refractivity contribution in [3.63, 3.8) is 0 Å². The predicted molar refractivity (Wildman–Crippen MR) is 93.0 cm³/mol. The Bertz CT molecular complexity index is 882. The van der Waals surface area contributed by atoms with E-state index in [1.165, 1.54) is 24.3 Å². The predicted octanol–water partition coefficient (Wildman–Crippen LogP) is 3.66. The molecule has 0 saturated heterocycles. The molecule has 1 aliphatic rings. The number of nitrogens with zero attached hydrogens (tertiary/aromatic N) is 1. The van der Waals surface area contributed by atoms with Crippen molar-refractivity contribution in [3.05, 3.63) is 65.1 Å². The molecule has 1 N–H and O–H groups in total. The molecule has 0 saturated carbocycles. The lowest BCUT2D eigenvalue weighted by Gasteiger charge is -2.16. The molecule has 5 nitrogen and oxygen atoms in total. The fraction of sp³-hybridized carbons (Fsp3) is 0.111. The van der Waals surface area contributed by atoms with E-state index in [2.05, 4.69) is 5.32 Å². The number of ether oxygens (including phenoxy) is 1. The van der Waals surface area contributed by atoms with Gasteiger partial charge in [0.2, 0.25) is 0 Å². The molecule has 2 amide bonds. The molecule has 2 aromatic rings. The molecule has 2 aromatic carbocycles. The fourth-order valence-corrected chi connectivity index (χ4v) is 2.66. The van der Waals surface area contributed by atoms with Gasteiger partial charge in [-0.15, -0.1) is 0 Å². The van der Waals surface area contributed by atoms with Gasteiger partial charge in [-0.2, -0.15) is 0 Å². The van der Waals surface area contributed by atoms with Crippen molar-refractivity contribution in [2.45, 2.75) is 6.92 Å². The molecule has 0 unspecified atom stereocenters. The standard InChI is InChI=1S/C18H14ClFN2O3/c1-2-25-14-10-6-4-8-12(14)21-16-15(19)17(23)22(18(16)24)13-9-5-3-7-11(13)20/h3-10,21H,2H2,1H3. The third-order valence-electron chi connectivity index (χ3n) is 3.57. The van der Waals surface area contributed by atoms with Crippen LogP contribution in [0.15, 0.2) is 59.3 Å². The Morgan fingerprint density at radius 3 is 2.48 bits per heavy atom. The minimum atomic E-state index is -0.784. The maximum atomic E-state index is 14.0. The van der Waals surface area contributed by atoms with Gasteiger partial charge >= 0.3 is 0 Å². The fourth-order valence-electron chi connectivity index (χ4n) is 2.45. The highest BCUT2D eigenvalue weighted by molar-refractivity contribution is 6.53. The van der Waals surface area contributed by atoms with Gasteiger partial charge in [0.1, 0.15) is 22.3 Å². The monoisotopic (exact) mass is 360 g/mol. The molecule has 0 spiro atoms. The summed E-state index contributed by atoms with van der Waals surface area (Å²) in [6.07, 6.45) is 0. The zero-order valence-electron chi connectivity index (χ0n) is 13.3. The van der Waals surface area contributed by atoms with E-state index in [0.29, 0.717) is 22.9 Å². The van der Waals surface area contributed by atoms with Gasteiger partial charge in [0.25, 0.3) is 11.8 Å². The molecule has 0 aromatic heterocycles. The van der Waals surface area contributed by atoms with Crippen molar-refractivity contribution in [1.82, 2.24) is 0 Å². The summed E-state index contributed by atoms with van der Waals surface area (Å²) < 4.78 is 19.5. The average Bonchev–Trinajstić information content (AvgIpc) is 2.81. The molecule has 7 heteroatoms. The Hall–Kier alpha value is -2.86. The van der Waals surface area contributed by atoms with Gasteiger partial charge < -0.3 is 10.1 Å². The molecule has 1 aliphatic heterocycles. The Kier molecular flexibility index (Phi) is 4.72. The molecule has 0 atom stereocenters. The summed E-state index contributed by atoms with van der Waals surface area (Å²) in [5.74, 6) is -1.70. The Morgan fingerprint density at radius 2 is 1.76 bits per heavy atom. The zero-order chi connectivity index (χ0) is 18.0. The lowest BCUT2D eigenvalue weighted by molar-refractivity contribution is -0.120. The number of benzene rings is 2. The number of imide groups is 1. The Balaban J connectivity index is 1.95. The first-order chi connectivity index (χ1) is 12.0. The van der Waals surface area contributed by atoms with Crippen LogP contribution >= 0.6 is 11.6 Å². The summed E-state index contributed by atoms with van der Waals surface area (Å²) in [4.78, 5) is 25.7. The summed E-state index contributed by atoms with van der Waals surface area (Å²) in [6, 6.07) is 12.4. The number of nitrogens with one attached hydrogen (secondary N) is 1. The highest BCUT2D eigenvalue weighted by Gasteiger charge is 2.40. The van der Waals surface area contributed by atoms with Gasteiger partial charge in [-0.3, -0.25) is 9.59 Å². The molecule has 128 valence electrons. The summed E-state index contributed by atoms with van der Waals surface area (Å²) in [7, 11) is 0. The second-order valence-electron chi connectivity index (χ2n) is 5.14. The van der Waals surface area contributed by atoms with E-state index in [9.17, 15) is 14.0 Å². The van der Waals surface area contributed by atoms with Crippen molar-refractivity contribution in [2.24, 2.45) is 0 Å². The van der Waals surface area contributed by atoms with E-state index < -0.39 is 17.6 Å². The molecular formula is C18H14ClFN2O3. The number of carbonyl (C=O) groups excluding carboxylic acids is 2. The quantitative estimate of drug-likeness (QED) is 0.827. The van der Waals surface area contributed by atoms with Crippen molar-refractivity contribution in [2.75, 3.05) is 16.8 Å². The molecule has 0 fully saturated rings. The van der Waals surface area contributed by atoms with E-state index in [4.69, 9.17) is 16.3 Å². The van der Waals surface area contributed by atoms with Crippen LogP contribution in [0.4, 0.5) is 15.8 Å². The smallest absolute Gasteiger partial charge is 0.283 e. The topological polar surface area (TPSA) is 58.6 Å². The number of hydrogen-bond donors (Lipinski definition) is 1. The van der Waals surface area contributed by atoms with Crippen molar-refractivity contribution < 1.29 is 18.7 Å². The number of rotatable bonds is 5. The summed E-state index contributed by atoms with van der Waals surface area (Å²) >= 11 is 6.04. The number of anilines is 2. The summed E-state index contributed by atoms with van der Waals surface area (Å²) in [5, 5.41) is 2.53. The Labute approximate surface area is 148 Å². The maximum Gasteiger partial charge on any atom is 0.283 e. The molecule has 25 heavy (non-hydrogen) atoms. The van der Waals surface area contributed by atoms with Gasteiger partial charge in [-0.1, -0.05) is 35.9 Å². The normalized spacial score (nSPS) is 14.3. The van der Waals surface area contributed by atoms with Gasteiger partial charge in [-0.25, -0.2) is 9.29 Å². The van der Waals surface area contributed by atoms with Gasteiger partial charge in [-0.05, 0) is 31.2 Å². The number of hydrogen-bond acceptors (Lipinski definition) is 4. The Morgan fingerprint density at radius 1 is 1.08 bits per heavy atom. The zero-order valence-corrected chi connectivity index (χ0v) is 14.0. The number of halogens is 2. The molecule has 0 radical (unpaired) electrons. The van der Waals surface area contributed by atoms with E-state index in [-0.39, 0.29) is 16.4 Å². The SMILES string of the molecule is CCOc1ccccc1NC1=C(Cl)C(=O)N(c2ccccc2F)C1=O. The van der Waals surface area contributed by atoms with E-state index >= 15 is 0 Å². The van der Waals surface area contributed by atoms with Gasteiger partial charge in [0.05, 0.1) is 18.0 Å². The molecule has 0 bridgehead atoms. The van der Waals surface area contributed by atoms with Crippen LogP contribution in [-0.2, 0) is 9.59 Å². The molecule has 1 heterocycles. The van der Waals surface area contributed by atoms with E-state index in [0.717, 1.165) is 0 Å². The first kappa shape index (κ1) is 17.0. The largest absolute Gasteiger partial charge is 0.492 e. The molecule has 3 rings (SSSR count). The highest BCUT2D eigenvalue weighted by Crippen LogP contribution is 2.33. The van der Waals surface area contributed by atoms with Crippen molar-refractivity contribution in [1.29, 1.82) is 0 Å². The highest BCUT2D eigenvalue weighted by atomic mass is 35.5. The summed E-state index contributed by atoms with van der Waals surface area (Å²) in [5.41, 5.74) is 0.210. The lowest BCUT2D eigenvalue weighted by atomic mass is 10.2. The average molecular weight is 361 g/mol. The third kappa shape index (κ3) is 3.08. The van der Waals surface area contributed by atoms with Crippen LogP contribution in [0.5, 0.6) is 5.75 Å². The van der Waals surface area contributed by atoms with Gasteiger partial charge in [0.15, 0.2) is 0 Å².